The van der Waals surface area contributed by atoms with Crippen molar-refractivity contribution in [3.8, 4) is 0 Å². The van der Waals surface area contributed by atoms with Gasteiger partial charge in [-0.25, -0.2) is 14.6 Å². The molecule has 0 atom stereocenters. The zero-order chi connectivity index (χ0) is 14.9. The van der Waals surface area contributed by atoms with E-state index < -0.39 is 0 Å². The van der Waals surface area contributed by atoms with Gasteiger partial charge in [-0.3, -0.25) is 9.78 Å². The Labute approximate surface area is 126 Å². The molecule has 7 heteroatoms. The van der Waals surface area contributed by atoms with Crippen LogP contribution < -0.4 is 10.5 Å². The van der Waals surface area contributed by atoms with Crippen molar-refractivity contribution in [2.45, 2.75) is 6.54 Å². The Kier molecular flexibility index (Phi) is 3.03. The van der Waals surface area contributed by atoms with Crippen LogP contribution in [0.15, 0.2) is 47.7 Å². The smallest absolute Gasteiger partial charge is 0.266 e. The van der Waals surface area contributed by atoms with Gasteiger partial charge in [0.05, 0.1) is 6.54 Å². The van der Waals surface area contributed by atoms with E-state index in [1.807, 2.05) is 12.1 Å². The zero-order valence-corrected chi connectivity index (χ0v) is 11.8. The second-order valence-electron chi connectivity index (χ2n) is 5.38. The fourth-order valence-corrected chi connectivity index (χ4v) is 2.66. The summed E-state index contributed by atoms with van der Waals surface area (Å²) in [6.45, 7) is 2.37. The molecule has 1 aliphatic rings. The van der Waals surface area contributed by atoms with Crippen LogP contribution in [0.4, 0.5) is 5.82 Å². The zero-order valence-electron chi connectivity index (χ0n) is 11.8. The second kappa shape index (κ2) is 5.18. The van der Waals surface area contributed by atoms with Crippen LogP contribution in [-0.2, 0) is 6.54 Å². The maximum atomic E-state index is 11.7. The normalized spacial score (nSPS) is 15.0. The highest BCUT2D eigenvalue weighted by atomic mass is 16.1. The maximum Gasteiger partial charge on any atom is 0.266 e. The maximum absolute atomic E-state index is 11.7. The molecule has 4 rings (SSSR count). The molecule has 0 bridgehead atoms. The Bertz CT molecular complexity index is 871. The lowest BCUT2D eigenvalue weighted by Crippen LogP contribution is -2.50. The third-order valence-electron chi connectivity index (χ3n) is 3.81. The standard InChI is InChI=1S/C15H14N6O/c22-14-2-1-5-18-21(14)10-11-8-20(9-11)13-4-3-12-15(19-13)17-7-6-16-12/h1-7,11H,8-10H2. The van der Waals surface area contributed by atoms with E-state index in [2.05, 4.69) is 25.0 Å². The number of fused-ring (bicyclic) bond motifs is 1. The van der Waals surface area contributed by atoms with Crippen molar-refractivity contribution in [2.24, 2.45) is 5.92 Å². The van der Waals surface area contributed by atoms with Crippen molar-refractivity contribution in [1.29, 1.82) is 0 Å². The number of anilines is 1. The van der Waals surface area contributed by atoms with Gasteiger partial charge in [0.25, 0.3) is 5.56 Å². The monoisotopic (exact) mass is 294 g/mol. The first-order valence-electron chi connectivity index (χ1n) is 7.14. The number of hydrogen-bond acceptors (Lipinski definition) is 6. The highest BCUT2D eigenvalue weighted by molar-refractivity contribution is 5.71. The summed E-state index contributed by atoms with van der Waals surface area (Å²) in [6.07, 6.45) is 4.95. The lowest BCUT2D eigenvalue weighted by atomic mass is 10.0. The molecule has 0 spiro atoms. The number of rotatable bonds is 3. The third-order valence-corrected chi connectivity index (χ3v) is 3.81. The van der Waals surface area contributed by atoms with E-state index in [9.17, 15) is 4.79 Å². The molecule has 7 nitrogen and oxygen atoms in total. The summed E-state index contributed by atoms with van der Waals surface area (Å²) in [5, 5.41) is 4.09. The van der Waals surface area contributed by atoms with Crippen LogP contribution in [0.2, 0.25) is 0 Å². The van der Waals surface area contributed by atoms with Gasteiger partial charge in [-0.15, -0.1) is 0 Å². The Morgan fingerprint density at radius 1 is 1.09 bits per heavy atom. The van der Waals surface area contributed by atoms with Crippen LogP contribution in [0, 0.1) is 5.92 Å². The van der Waals surface area contributed by atoms with Crippen LogP contribution in [0.3, 0.4) is 0 Å². The highest BCUT2D eigenvalue weighted by Crippen LogP contribution is 2.24. The molecule has 0 aliphatic carbocycles. The molecule has 1 aliphatic heterocycles. The first kappa shape index (κ1) is 12.9. The molecule has 0 unspecified atom stereocenters. The molecule has 3 aromatic heterocycles. The van der Waals surface area contributed by atoms with Gasteiger partial charge in [-0.2, -0.15) is 5.10 Å². The molecule has 3 aromatic rings. The van der Waals surface area contributed by atoms with Gasteiger partial charge in [0, 0.05) is 43.7 Å². The van der Waals surface area contributed by atoms with Gasteiger partial charge in [0.2, 0.25) is 0 Å². The van der Waals surface area contributed by atoms with Crippen LogP contribution in [-0.4, -0.2) is 37.8 Å². The molecule has 0 saturated carbocycles. The van der Waals surface area contributed by atoms with Crippen molar-refractivity contribution in [2.75, 3.05) is 18.0 Å². The topological polar surface area (TPSA) is 76.8 Å². The Morgan fingerprint density at radius 2 is 1.95 bits per heavy atom. The molecule has 0 amide bonds. The van der Waals surface area contributed by atoms with Crippen molar-refractivity contribution >= 4 is 17.0 Å². The summed E-state index contributed by atoms with van der Waals surface area (Å²) >= 11 is 0. The van der Waals surface area contributed by atoms with E-state index in [1.165, 1.54) is 10.7 Å². The van der Waals surface area contributed by atoms with Crippen LogP contribution in [0.1, 0.15) is 0 Å². The molecule has 0 radical (unpaired) electrons. The van der Waals surface area contributed by atoms with E-state index >= 15 is 0 Å². The van der Waals surface area contributed by atoms with Gasteiger partial charge in [0.1, 0.15) is 11.3 Å². The van der Waals surface area contributed by atoms with Gasteiger partial charge in [-0.05, 0) is 18.2 Å². The lowest BCUT2D eigenvalue weighted by molar-refractivity contribution is 0.333. The fourth-order valence-electron chi connectivity index (χ4n) is 2.66. The first-order valence-corrected chi connectivity index (χ1v) is 7.14. The van der Waals surface area contributed by atoms with Gasteiger partial charge < -0.3 is 4.90 Å². The Morgan fingerprint density at radius 3 is 2.82 bits per heavy atom. The lowest BCUT2D eigenvalue weighted by Gasteiger charge is -2.40. The van der Waals surface area contributed by atoms with Crippen LogP contribution >= 0.6 is 0 Å². The molecule has 0 N–H and O–H groups in total. The number of hydrogen-bond donors (Lipinski definition) is 0. The summed E-state index contributed by atoms with van der Waals surface area (Å²) in [7, 11) is 0. The van der Waals surface area contributed by atoms with Crippen molar-refractivity contribution in [3.63, 3.8) is 0 Å². The van der Waals surface area contributed by atoms with Crippen molar-refractivity contribution < 1.29 is 0 Å². The summed E-state index contributed by atoms with van der Waals surface area (Å²) in [4.78, 5) is 26.8. The van der Waals surface area contributed by atoms with E-state index in [4.69, 9.17) is 0 Å². The van der Waals surface area contributed by atoms with E-state index in [1.54, 1.807) is 24.7 Å². The average molecular weight is 294 g/mol. The summed E-state index contributed by atoms with van der Waals surface area (Å²) in [5.74, 6) is 1.31. The summed E-state index contributed by atoms with van der Waals surface area (Å²) in [5.41, 5.74) is 1.40. The van der Waals surface area contributed by atoms with Crippen molar-refractivity contribution in [1.82, 2.24) is 24.7 Å². The Hall–Kier alpha value is -2.83. The predicted octanol–water partition coefficient (Wildman–Crippen LogP) is 0.718. The molecule has 1 fully saturated rings. The molecular formula is C15H14N6O. The molecule has 110 valence electrons. The minimum Gasteiger partial charge on any atom is -0.356 e. The molecule has 22 heavy (non-hydrogen) atoms. The van der Waals surface area contributed by atoms with E-state index in [0.717, 1.165) is 24.4 Å². The summed E-state index contributed by atoms with van der Waals surface area (Å²) < 4.78 is 1.52. The second-order valence-corrected chi connectivity index (χ2v) is 5.38. The number of nitrogens with zero attached hydrogens (tertiary/aromatic N) is 6. The Balaban J connectivity index is 1.46. The minimum absolute atomic E-state index is 0.0555. The molecular weight excluding hydrogens is 280 g/mol. The molecule has 0 aromatic carbocycles. The number of aromatic nitrogens is 5. The largest absolute Gasteiger partial charge is 0.356 e. The minimum atomic E-state index is -0.0555. The van der Waals surface area contributed by atoms with Gasteiger partial charge in [0.15, 0.2) is 5.65 Å². The first-order chi connectivity index (χ1) is 10.8. The van der Waals surface area contributed by atoms with E-state index in [0.29, 0.717) is 18.1 Å². The number of pyridine rings is 1. The van der Waals surface area contributed by atoms with Crippen LogP contribution in [0.25, 0.3) is 11.2 Å². The fraction of sp³-hybridized carbons (Fsp3) is 0.267. The van der Waals surface area contributed by atoms with Gasteiger partial charge in [-0.1, -0.05) is 0 Å². The van der Waals surface area contributed by atoms with Gasteiger partial charge >= 0.3 is 0 Å². The summed E-state index contributed by atoms with van der Waals surface area (Å²) in [6, 6.07) is 7.08. The SMILES string of the molecule is O=c1cccnn1CC1CN(c2ccc3nccnc3n2)C1. The van der Waals surface area contributed by atoms with E-state index in [-0.39, 0.29) is 5.56 Å². The third kappa shape index (κ3) is 2.30. The van der Waals surface area contributed by atoms with Crippen LogP contribution in [0.5, 0.6) is 0 Å². The quantitative estimate of drug-likeness (QED) is 0.708. The van der Waals surface area contributed by atoms with Crippen molar-refractivity contribution in [3.05, 3.63) is 53.2 Å². The molecule has 4 heterocycles. The predicted molar refractivity (Wildman–Crippen MR) is 81.5 cm³/mol. The highest BCUT2D eigenvalue weighted by Gasteiger charge is 2.28. The molecule has 1 saturated heterocycles. The average Bonchev–Trinajstić information content (AvgIpc) is 2.51.